The number of aromatic carboxylic acids is 1. The number of carboxylic acids is 2. The first-order chi connectivity index (χ1) is 15.5. The molecule has 2 aromatic heterocycles. The van der Waals surface area contributed by atoms with Gasteiger partial charge in [0.2, 0.25) is 6.10 Å². The van der Waals surface area contributed by atoms with Crippen LogP contribution in [0, 0.1) is 0 Å². The molecule has 8 nitrogen and oxygen atoms in total. The van der Waals surface area contributed by atoms with Gasteiger partial charge in [-0.05, 0) is 61.6 Å². The van der Waals surface area contributed by atoms with Gasteiger partial charge in [-0.3, -0.25) is 0 Å². The zero-order valence-electron chi connectivity index (χ0n) is 17.2. The molecule has 0 bridgehead atoms. The Morgan fingerprint density at radius 2 is 1.97 bits per heavy atom. The number of aliphatic carboxylic acids is 1. The predicted molar refractivity (Wildman–Crippen MR) is 117 cm³/mol. The number of carbonyl (C=O) groups is 2. The number of hydrogen-bond acceptors (Lipinski definition) is 4. The third-order valence-corrected chi connectivity index (χ3v) is 5.89. The Labute approximate surface area is 183 Å². The van der Waals surface area contributed by atoms with Crippen LogP contribution in [0.15, 0.2) is 48.2 Å². The Kier molecular flexibility index (Phi) is 4.97. The molecule has 1 atom stereocenters. The second kappa shape index (κ2) is 7.96. The lowest BCUT2D eigenvalue weighted by Crippen LogP contribution is -2.24. The van der Waals surface area contributed by atoms with E-state index in [0.29, 0.717) is 0 Å². The van der Waals surface area contributed by atoms with Gasteiger partial charge in [-0.2, -0.15) is 0 Å². The average molecular weight is 434 g/mol. The molecule has 0 fully saturated rings. The zero-order valence-corrected chi connectivity index (χ0v) is 17.2. The number of ether oxygens (including phenoxy) is 2. The summed E-state index contributed by atoms with van der Waals surface area (Å²) in [6, 6.07) is 7.40. The van der Waals surface area contributed by atoms with Crippen molar-refractivity contribution in [1.29, 1.82) is 0 Å². The fourth-order valence-corrected chi connectivity index (χ4v) is 4.34. The van der Waals surface area contributed by atoms with Crippen molar-refractivity contribution >= 4 is 28.6 Å². The van der Waals surface area contributed by atoms with Crippen LogP contribution in [-0.4, -0.2) is 44.8 Å². The second-order valence-corrected chi connectivity index (χ2v) is 7.91. The molecule has 0 radical (unpaired) electrons. The van der Waals surface area contributed by atoms with Crippen molar-refractivity contribution in [2.45, 2.75) is 31.8 Å². The monoisotopic (exact) mass is 434 g/mol. The molecule has 0 saturated heterocycles. The summed E-state index contributed by atoms with van der Waals surface area (Å²) < 4.78 is 11.0. The van der Waals surface area contributed by atoms with Crippen LogP contribution in [0.5, 0.6) is 5.75 Å². The number of rotatable bonds is 2. The minimum atomic E-state index is -0.953. The van der Waals surface area contributed by atoms with Crippen molar-refractivity contribution in [3.63, 3.8) is 0 Å². The number of aromatic nitrogens is 2. The van der Waals surface area contributed by atoms with Gasteiger partial charge in [-0.25, -0.2) is 9.59 Å². The number of carboxylic acid groups (broad SMARTS) is 2. The molecule has 1 unspecified atom stereocenters. The molecule has 6 rings (SSSR count). The van der Waals surface area contributed by atoms with E-state index in [1.54, 1.807) is 12.1 Å². The minimum Gasteiger partial charge on any atom is -0.493 e. The summed E-state index contributed by atoms with van der Waals surface area (Å²) in [5.41, 5.74) is 5.43. The van der Waals surface area contributed by atoms with Gasteiger partial charge >= 0.3 is 11.9 Å². The first-order valence-corrected chi connectivity index (χ1v) is 10.5. The smallest absolute Gasteiger partial charge is 0.352 e. The normalized spacial score (nSPS) is 18.4. The van der Waals surface area contributed by atoms with E-state index in [9.17, 15) is 9.59 Å². The molecule has 0 saturated carbocycles. The molecular weight excluding hydrogens is 412 g/mol. The highest BCUT2D eigenvalue weighted by molar-refractivity contribution is 5.95. The summed E-state index contributed by atoms with van der Waals surface area (Å²) in [5, 5.41) is 18.8. The van der Waals surface area contributed by atoms with Gasteiger partial charge in [0, 0.05) is 28.4 Å². The number of benzene rings is 1. The lowest BCUT2D eigenvalue weighted by atomic mass is 9.93. The minimum absolute atomic E-state index is 0.231. The fraction of sp³-hybridized carbons (Fsp3) is 0.250. The Hall–Kier alpha value is -3.94. The van der Waals surface area contributed by atoms with Gasteiger partial charge in [0.1, 0.15) is 17.2 Å². The van der Waals surface area contributed by atoms with E-state index in [1.165, 1.54) is 0 Å². The van der Waals surface area contributed by atoms with Gasteiger partial charge in [0.15, 0.2) is 0 Å². The van der Waals surface area contributed by atoms with Crippen molar-refractivity contribution < 1.29 is 29.3 Å². The Balaban J connectivity index is 0.000000135. The van der Waals surface area contributed by atoms with Crippen molar-refractivity contribution in [2.24, 2.45) is 0 Å². The van der Waals surface area contributed by atoms with Crippen LogP contribution < -0.4 is 4.74 Å². The summed E-state index contributed by atoms with van der Waals surface area (Å²) >= 11 is 0. The largest absolute Gasteiger partial charge is 0.493 e. The Bertz CT molecular complexity index is 1280. The number of H-pyrrole nitrogens is 2. The summed E-state index contributed by atoms with van der Waals surface area (Å²) in [4.78, 5) is 27.8. The van der Waals surface area contributed by atoms with Crippen LogP contribution >= 0.6 is 0 Å². The topological polar surface area (TPSA) is 125 Å². The molecule has 3 aromatic rings. The van der Waals surface area contributed by atoms with E-state index < -0.39 is 18.0 Å². The van der Waals surface area contributed by atoms with E-state index in [0.717, 1.165) is 77.1 Å². The first-order valence-electron chi connectivity index (χ1n) is 10.5. The molecule has 32 heavy (non-hydrogen) atoms. The average Bonchev–Trinajstić information content (AvgIpc) is 3.46. The van der Waals surface area contributed by atoms with E-state index in [-0.39, 0.29) is 5.69 Å². The lowest BCUT2D eigenvalue weighted by Gasteiger charge is -2.25. The summed E-state index contributed by atoms with van der Waals surface area (Å²) in [6.45, 7) is 0.741. The van der Waals surface area contributed by atoms with Crippen LogP contribution in [0.4, 0.5) is 0 Å². The van der Waals surface area contributed by atoms with Crippen molar-refractivity contribution in [2.75, 3.05) is 6.61 Å². The first kappa shape index (κ1) is 20.0. The summed E-state index contributed by atoms with van der Waals surface area (Å²) in [5.74, 6) is -0.290. The van der Waals surface area contributed by atoms with Crippen LogP contribution in [-0.2, 0) is 22.4 Å². The molecule has 0 spiro atoms. The number of hydrogen-bond donors (Lipinski definition) is 4. The van der Waals surface area contributed by atoms with Crippen molar-refractivity contribution in [1.82, 2.24) is 9.97 Å². The SMILES string of the molecule is O=C(O)C1C=CC2=C(O1)c1cc[nH]c1CC2.O=C(O)c1cc2ccc3c(c2[nH]1)CCCO3. The van der Waals surface area contributed by atoms with Crippen molar-refractivity contribution in [3.8, 4) is 5.75 Å². The number of fused-ring (bicyclic) bond motifs is 5. The highest BCUT2D eigenvalue weighted by Crippen LogP contribution is 2.35. The third-order valence-electron chi connectivity index (χ3n) is 5.89. The third kappa shape index (κ3) is 3.53. The number of aryl methyl sites for hydroxylation is 2. The number of nitrogens with one attached hydrogen (secondary N) is 2. The molecule has 2 aliphatic heterocycles. The van der Waals surface area contributed by atoms with Gasteiger partial charge in [0.05, 0.1) is 12.1 Å². The van der Waals surface area contributed by atoms with E-state index in [2.05, 4.69) is 9.97 Å². The van der Waals surface area contributed by atoms with E-state index in [4.69, 9.17) is 19.7 Å². The highest BCUT2D eigenvalue weighted by Gasteiger charge is 2.28. The molecule has 3 aliphatic rings. The molecule has 164 valence electrons. The molecule has 1 aliphatic carbocycles. The quantitative estimate of drug-likeness (QED) is 0.485. The maximum atomic E-state index is 10.9. The molecular formula is C24H22N2O6. The summed E-state index contributed by atoms with van der Waals surface area (Å²) in [7, 11) is 0. The Morgan fingerprint density at radius 3 is 2.78 bits per heavy atom. The van der Waals surface area contributed by atoms with Gasteiger partial charge in [-0.15, -0.1) is 0 Å². The lowest BCUT2D eigenvalue weighted by molar-refractivity contribution is -0.143. The van der Waals surface area contributed by atoms with Crippen molar-refractivity contribution in [3.05, 3.63) is 70.7 Å². The predicted octanol–water partition coefficient (Wildman–Crippen LogP) is 3.90. The molecule has 8 heteroatoms. The molecule has 4 heterocycles. The maximum Gasteiger partial charge on any atom is 0.352 e. The van der Waals surface area contributed by atoms with Crippen LogP contribution in [0.1, 0.15) is 40.2 Å². The van der Waals surface area contributed by atoms with Gasteiger partial charge in [-0.1, -0.05) is 6.08 Å². The fourth-order valence-electron chi connectivity index (χ4n) is 4.34. The highest BCUT2D eigenvalue weighted by atomic mass is 16.5. The van der Waals surface area contributed by atoms with Crippen LogP contribution in [0.25, 0.3) is 16.7 Å². The Morgan fingerprint density at radius 1 is 1.09 bits per heavy atom. The molecule has 1 aromatic carbocycles. The van der Waals surface area contributed by atoms with Gasteiger partial charge < -0.3 is 29.7 Å². The summed E-state index contributed by atoms with van der Waals surface area (Å²) in [6.07, 6.45) is 8.22. The van der Waals surface area contributed by atoms with E-state index >= 15 is 0 Å². The van der Waals surface area contributed by atoms with Gasteiger partial charge in [0.25, 0.3) is 0 Å². The maximum absolute atomic E-state index is 10.9. The van der Waals surface area contributed by atoms with Crippen LogP contribution in [0.2, 0.25) is 0 Å². The second-order valence-electron chi connectivity index (χ2n) is 7.91. The number of allylic oxidation sites excluding steroid dienone is 2. The van der Waals surface area contributed by atoms with Crippen LogP contribution in [0.3, 0.4) is 0 Å². The number of aromatic amines is 2. The van der Waals surface area contributed by atoms with E-state index in [1.807, 2.05) is 30.5 Å². The molecule has 4 N–H and O–H groups in total. The molecule has 0 amide bonds. The zero-order chi connectivity index (χ0) is 22.2. The standard InChI is InChI=1S/2C12H11NO3/c14-12(15)10-4-2-7-1-3-9-8(5-6-13-9)11(7)16-10;14-12(15)9-6-7-3-4-10-8(11(7)13-9)2-1-5-16-10/h2,4-6,10,13H,1,3H2,(H,14,15);3-4,6,13H,1-2,5H2,(H,14,15).